The molecule has 0 aliphatic rings. The molecular weight excluding hydrogens is 266 g/mol. The molecule has 0 bridgehead atoms. The second-order valence-electron chi connectivity index (χ2n) is 3.77. The van der Waals surface area contributed by atoms with Crippen LogP contribution < -0.4 is 5.32 Å². The van der Waals surface area contributed by atoms with Gasteiger partial charge in [0.25, 0.3) is 0 Å². The minimum absolute atomic E-state index is 0.186. The van der Waals surface area contributed by atoms with Crippen LogP contribution in [0.25, 0.3) is 6.08 Å². The van der Waals surface area contributed by atoms with Crippen molar-refractivity contribution in [2.24, 2.45) is 0 Å². The summed E-state index contributed by atoms with van der Waals surface area (Å²) < 4.78 is 0. The lowest BCUT2D eigenvalue weighted by atomic mass is 10.4. The van der Waals surface area contributed by atoms with Crippen LogP contribution in [0.1, 0.15) is 21.3 Å². The molecule has 0 unspecified atom stereocenters. The van der Waals surface area contributed by atoms with Crippen molar-refractivity contribution in [1.29, 1.82) is 0 Å². The zero-order valence-electron chi connectivity index (χ0n) is 10.4. The van der Waals surface area contributed by atoms with Crippen LogP contribution in [0.3, 0.4) is 0 Å². The van der Waals surface area contributed by atoms with Gasteiger partial charge in [0.05, 0.1) is 16.4 Å². The molecule has 2 aromatic heterocycles. The lowest BCUT2D eigenvalue weighted by Crippen LogP contribution is -2.07. The highest BCUT2D eigenvalue weighted by Crippen LogP contribution is 2.21. The number of nitrogens with one attached hydrogen (secondary N) is 1. The summed E-state index contributed by atoms with van der Waals surface area (Å²) in [6.07, 6.45) is 3.17. The lowest BCUT2D eigenvalue weighted by molar-refractivity contribution is -0.111. The van der Waals surface area contributed by atoms with Gasteiger partial charge in [0.15, 0.2) is 5.13 Å². The Hall–Kier alpha value is -1.53. The Morgan fingerprint density at radius 2 is 2.11 bits per heavy atom. The van der Waals surface area contributed by atoms with Gasteiger partial charge in [-0.25, -0.2) is 9.97 Å². The highest BCUT2D eigenvalue weighted by Gasteiger charge is 2.05. The van der Waals surface area contributed by atoms with Crippen molar-refractivity contribution in [3.8, 4) is 0 Å². The first kappa shape index (κ1) is 12.9. The molecule has 0 fully saturated rings. The van der Waals surface area contributed by atoms with E-state index in [-0.39, 0.29) is 5.91 Å². The Morgan fingerprint density at radius 1 is 1.33 bits per heavy atom. The first-order valence-electron chi connectivity index (χ1n) is 5.40. The van der Waals surface area contributed by atoms with E-state index in [1.807, 2.05) is 26.2 Å². The van der Waals surface area contributed by atoms with Crippen LogP contribution in [-0.2, 0) is 4.79 Å². The molecule has 1 N–H and O–H groups in total. The fourth-order valence-corrected chi connectivity index (χ4v) is 2.69. The third-order valence-corrected chi connectivity index (χ3v) is 4.08. The van der Waals surface area contributed by atoms with Crippen molar-refractivity contribution in [1.82, 2.24) is 9.97 Å². The van der Waals surface area contributed by atoms with E-state index in [1.165, 1.54) is 17.4 Å². The molecule has 0 saturated carbocycles. The van der Waals surface area contributed by atoms with Crippen molar-refractivity contribution in [2.45, 2.75) is 20.8 Å². The van der Waals surface area contributed by atoms with E-state index in [1.54, 1.807) is 17.4 Å². The minimum Gasteiger partial charge on any atom is -0.298 e. The van der Waals surface area contributed by atoms with Crippen LogP contribution in [0.5, 0.6) is 0 Å². The summed E-state index contributed by atoms with van der Waals surface area (Å²) in [5.74, 6) is -0.186. The Bertz CT molecular complexity index is 579. The average molecular weight is 279 g/mol. The van der Waals surface area contributed by atoms with E-state index in [0.29, 0.717) is 5.13 Å². The number of aromatic nitrogens is 2. The van der Waals surface area contributed by atoms with Gasteiger partial charge in [-0.15, -0.1) is 22.7 Å². The van der Waals surface area contributed by atoms with Crippen LogP contribution in [0.15, 0.2) is 11.5 Å². The number of aryl methyl sites for hydroxylation is 3. The van der Waals surface area contributed by atoms with Gasteiger partial charge in [-0.2, -0.15) is 0 Å². The van der Waals surface area contributed by atoms with Gasteiger partial charge in [-0.05, 0) is 26.8 Å². The molecule has 2 heterocycles. The van der Waals surface area contributed by atoms with Crippen molar-refractivity contribution in [2.75, 3.05) is 5.32 Å². The molecule has 0 aliphatic carbocycles. The standard InChI is InChI=1S/C12H13N3OS2/c1-7-8(2)18-12(13-7)15-11(16)5-4-10-6-17-9(3)14-10/h4-6H,1-3H3,(H,13,15,16)/b5-4+. The number of carbonyl (C=O) groups excluding carboxylic acids is 1. The summed E-state index contributed by atoms with van der Waals surface area (Å²) >= 11 is 3.04. The molecule has 0 aliphatic heterocycles. The molecule has 18 heavy (non-hydrogen) atoms. The Balaban J connectivity index is 1.98. The van der Waals surface area contributed by atoms with Crippen molar-refractivity contribution in [3.63, 3.8) is 0 Å². The van der Waals surface area contributed by atoms with Gasteiger partial charge < -0.3 is 0 Å². The van der Waals surface area contributed by atoms with Gasteiger partial charge >= 0.3 is 0 Å². The predicted molar refractivity (Wildman–Crippen MR) is 76.1 cm³/mol. The maximum atomic E-state index is 11.7. The van der Waals surface area contributed by atoms with Crippen LogP contribution in [-0.4, -0.2) is 15.9 Å². The smallest absolute Gasteiger partial charge is 0.250 e. The van der Waals surface area contributed by atoms with Crippen LogP contribution in [0.4, 0.5) is 5.13 Å². The largest absolute Gasteiger partial charge is 0.298 e. The second-order valence-corrected chi connectivity index (χ2v) is 6.04. The number of amides is 1. The number of nitrogens with zero attached hydrogens (tertiary/aromatic N) is 2. The van der Waals surface area contributed by atoms with Crippen LogP contribution in [0.2, 0.25) is 0 Å². The molecule has 94 valence electrons. The summed E-state index contributed by atoms with van der Waals surface area (Å²) in [6.45, 7) is 5.84. The van der Waals surface area contributed by atoms with Gasteiger partial charge in [-0.3, -0.25) is 10.1 Å². The molecule has 0 saturated heterocycles. The van der Waals surface area contributed by atoms with E-state index in [9.17, 15) is 4.79 Å². The molecule has 0 radical (unpaired) electrons. The molecule has 4 nitrogen and oxygen atoms in total. The van der Waals surface area contributed by atoms with E-state index in [4.69, 9.17) is 0 Å². The maximum absolute atomic E-state index is 11.7. The highest BCUT2D eigenvalue weighted by atomic mass is 32.1. The second kappa shape index (κ2) is 5.41. The van der Waals surface area contributed by atoms with Crippen LogP contribution >= 0.6 is 22.7 Å². The fourth-order valence-electron chi connectivity index (χ4n) is 1.29. The molecule has 0 spiro atoms. The number of thiazole rings is 2. The normalized spacial score (nSPS) is 11.1. The monoisotopic (exact) mass is 279 g/mol. The lowest BCUT2D eigenvalue weighted by Gasteiger charge is -1.94. The number of hydrogen-bond donors (Lipinski definition) is 1. The first-order valence-corrected chi connectivity index (χ1v) is 7.09. The van der Waals surface area contributed by atoms with E-state index in [2.05, 4.69) is 15.3 Å². The summed E-state index contributed by atoms with van der Waals surface area (Å²) in [6, 6.07) is 0. The molecule has 1 amide bonds. The molecule has 0 atom stereocenters. The van der Waals surface area contributed by atoms with E-state index < -0.39 is 0 Å². The zero-order valence-corrected chi connectivity index (χ0v) is 12.0. The predicted octanol–water partition coefficient (Wildman–Crippen LogP) is 3.18. The summed E-state index contributed by atoms with van der Waals surface area (Å²) in [5.41, 5.74) is 1.76. The van der Waals surface area contributed by atoms with Crippen LogP contribution in [0, 0.1) is 20.8 Å². The van der Waals surface area contributed by atoms with Crippen molar-refractivity contribution in [3.05, 3.63) is 32.7 Å². The Labute approximate surface area is 113 Å². The van der Waals surface area contributed by atoms with E-state index >= 15 is 0 Å². The highest BCUT2D eigenvalue weighted by molar-refractivity contribution is 7.15. The summed E-state index contributed by atoms with van der Waals surface area (Å²) in [5, 5.41) is 6.27. The van der Waals surface area contributed by atoms with Gasteiger partial charge in [0.1, 0.15) is 0 Å². The number of carbonyl (C=O) groups is 1. The SMILES string of the molecule is Cc1nc(/C=C/C(=O)Nc2nc(C)c(C)s2)cs1. The molecular formula is C12H13N3OS2. The zero-order chi connectivity index (χ0) is 13.1. The molecule has 6 heteroatoms. The topological polar surface area (TPSA) is 54.9 Å². The quantitative estimate of drug-likeness (QED) is 0.878. The van der Waals surface area contributed by atoms with Crippen molar-refractivity contribution >= 4 is 39.8 Å². The van der Waals surface area contributed by atoms with Crippen molar-refractivity contribution < 1.29 is 4.79 Å². The third kappa shape index (κ3) is 3.24. The number of anilines is 1. The Morgan fingerprint density at radius 3 is 2.67 bits per heavy atom. The van der Waals surface area contributed by atoms with Gasteiger partial charge in [0, 0.05) is 16.3 Å². The Kier molecular flexibility index (Phi) is 3.88. The third-order valence-electron chi connectivity index (χ3n) is 2.30. The average Bonchev–Trinajstić information content (AvgIpc) is 2.84. The number of rotatable bonds is 3. The maximum Gasteiger partial charge on any atom is 0.250 e. The van der Waals surface area contributed by atoms with Gasteiger partial charge in [0.2, 0.25) is 5.91 Å². The summed E-state index contributed by atoms with van der Waals surface area (Å²) in [4.78, 5) is 21.3. The van der Waals surface area contributed by atoms with E-state index in [0.717, 1.165) is 21.3 Å². The minimum atomic E-state index is -0.186. The summed E-state index contributed by atoms with van der Waals surface area (Å²) in [7, 11) is 0. The fraction of sp³-hybridized carbons (Fsp3) is 0.250. The molecule has 2 rings (SSSR count). The molecule has 0 aromatic carbocycles. The van der Waals surface area contributed by atoms with Gasteiger partial charge in [-0.1, -0.05) is 0 Å². The first-order chi connectivity index (χ1) is 8.54. The number of hydrogen-bond acceptors (Lipinski definition) is 5. The molecule has 2 aromatic rings.